The van der Waals surface area contributed by atoms with Crippen LogP contribution >= 0.6 is 11.8 Å². The molecule has 1 aliphatic rings. The molecule has 3 aromatic carbocycles. The fraction of sp³-hybridized carbons (Fsp3) is 0.240. The minimum atomic E-state index is -0.0344. The molecule has 1 atom stereocenters. The van der Waals surface area contributed by atoms with Gasteiger partial charge >= 0.3 is 0 Å². The highest BCUT2D eigenvalue weighted by Gasteiger charge is 2.31. The van der Waals surface area contributed by atoms with Gasteiger partial charge in [0.1, 0.15) is 29.2 Å². The number of thioether (sulfide) groups is 1. The summed E-state index contributed by atoms with van der Waals surface area (Å²) in [5.41, 5.74) is 2.77. The van der Waals surface area contributed by atoms with E-state index >= 15 is 0 Å². The van der Waals surface area contributed by atoms with Gasteiger partial charge in [-0.25, -0.2) is 0 Å². The van der Waals surface area contributed by atoms with Crippen molar-refractivity contribution < 1.29 is 19.0 Å². The standard InChI is InChI=1S/C25H25NO4S/c1-28-22-14-20(15-23(16-22)29-2)24(27)26-12-13-31-25(26)19-8-10-21(11-9-19)30-17-18-6-4-3-5-7-18/h3-11,14-16,25H,12-13,17H2,1-2H3. The number of hydrogen-bond acceptors (Lipinski definition) is 5. The van der Waals surface area contributed by atoms with Crippen molar-refractivity contribution in [3.63, 3.8) is 0 Å². The molecule has 160 valence electrons. The van der Waals surface area contributed by atoms with Crippen molar-refractivity contribution in [2.45, 2.75) is 12.0 Å². The number of amides is 1. The van der Waals surface area contributed by atoms with E-state index in [2.05, 4.69) is 0 Å². The zero-order valence-electron chi connectivity index (χ0n) is 17.6. The van der Waals surface area contributed by atoms with Gasteiger partial charge in [-0.3, -0.25) is 4.79 Å². The Balaban J connectivity index is 1.47. The Morgan fingerprint density at radius 2 is 1.61 bits per heavy atom. The fourth-order valence-electron chi connectivity index (χ4n) is 3.52. The number of carbonyl (C=O) groups excluding carboxylic acids is 1. The molecule has 0 spiro atoms. The van der Waals surface area contributed by atoms with Crippen LogP contribution in [0.25, 0.3) is 0 Å². The number of benzene rings is 3. The summed E-state index contributed by atoms with van der Waals surface area (Å²) in [6.45, 7) is 1.22. The van der Waals surface area contributed by atoms with E-state index in [0.29, 0.717) is 30.2 Å². The van der Waals surface area contributed by atoms with Gasteiger partial charge in [0.25, 0.3) is 5.91 Å². The van der Waals surface area contributed by atoms with Gasteiger partial charge in [0.05, 0.1) is 14.2 Å². The zero-order chi connectivity index (χ0) is 21.6. The van der Waals surface area contributed by atoms with Crippen LogP contribution in [0.3, 0.4) is 0 Å². The van der Waals surface area contributed by atoms with Gasteiger partial charge < -0.3 is 19.1 Å². The first kappa shape index (κ1) is 21.1. The Hall–Kier alpha value is -3.12. The molecule has 5 nitrogen and oxygen atoms in total. The third-order valence-electron chi connectivity index (χ3n) is 5.16. The largest absolute Gasteiger partial charge is 0.497 e. The molecule has 6 heteroatoms. The van der Waals surface area contributed by atoms with Gasteiger partial charge in [-0.1, -0.05) is 42.5 Å². The molecule has 0 bridgehead atoms. The number of ether oxygens (including phenoxy) is 3. The SMILES string of the molecule is COc1cc(OC)cc(C(=O)N2CCSC2c2ccc(OCc3ccccc3)cc2)c1. The maximum Gasteiger partial charge on any atom is 0.255 e. The molecular formula is C25H25NO4S. The van der Waals surface area contributed by atoms with Crippen LogP contribution in [-0.2, 0) is 6.61 Å². The number of methoxy groups -OCH3 is 2. The van der Waals surface area contributed by atoms with E-state index in [-0.39, 0.29) is 11.3 Å². The summed E-state index contributed by atoms with van der Waals surface area (Å²) in [5.74, 6) is 2.88. The molecule has 4 rings (SSSR count). The molecule has 31 heavy (non-hydrogen) atoms. The van der Waals surface area contributed by atoms with Crippen LogP contribution in [-0.4, -0.2) is 37.3 Å². The second kappa shape index (κ2) is 9.79. The van der Waals surface area contributed by atoms with Gasteiger partial charge in [-0.05, 0) is 35.4 Å². The van der Waals surface area contributed by atoms with Crippen molar-refractivity contribution in [2.75, 3.05) is 26.5 Å². The minimum absolute atomic E-state index is 0.0309. The summed E-state index contributed by atoms with van der Waals surface area (Å²) < 4.78 is 16.5. The van der Waals surface area contributed by atoms with Gasteiger partial charge in [-0.15, -0.1) is 11.8 Å². The van der Waals surface area contributed by atoms with Crippen LogP contribution in [0.5, 0.6) is 17.2 Å². The van der Waals surface area contributed by atoms with E-state index in [1.54, 1.807) is 44.2 Å². The van der Waals surface area contributed by atoms with E-state index < -0.39 is 0 Å². The second-order valence-corrected chi connectivity index (χ2v) is 8.35. The molecular weight excluding hydrogens is 410 g/mol. The van der Waals surface area contributed by atoms with Crippen molar-refractivity contribution >= 4 is 17.7 Å². The smallest absolute Gasteiger partial charge is 0.255 e. The molecule has 1 aliphatic heterocycles. The lowest BCUT2D eigenvalue weighted by molar-refractivity contribution is 0.0759. The topological polar surface area (TPSA) is 48.0 Å². The Labute approximate surface area is 186 Å². The molecule has 3 aromatic rings. The lowest BCUT2D eigenvalue weighted by atomic mass is 10.1. The predicted molar refractivity (Wildman–Crippen MR) is 123 cm³/mol. The van der Waals surface area contributed by atoms with Crippen molar-refractivity contribution in [2.24, 2.45) is 0 Å². The quantitative estimate of drug-likeness (QED) is 0.512. The Morgan fingerprint density at radius 1 is 0.935 bits per heavy atom. The van der Waals surface area contributed by atoms with Crippen LogP contribution in [0.4, 0.5) is 0 Å². The average Bonchev–Trinajstić information content (AvgIpc) is 3.32. The number of carbonyl (C=O) groups is 1. The molecule has 1 saturated heterocycles. The highest BCUT2D eigenvalue weighted by Crippen LogP contribution is 2.39. The number of hydrogen-bond donors (Lipinski definition) is 0. The lowest BCUT2D eigenvalue weighted by Crippen LogP contribution is -2.30. The van der Waals surface area contributed by atoms with Crippen LogP contribution in [0, 0.1) is 0 Å². The molecule has 1 fully saturated rings. The first-order valence-electron chi connectivity index (χ1n) is 10.1. The van der Waals surface area contributed by atoms with Crippen molar-refractivity contribution in [3.8, 4) is 17.2 Å². The van der Waals surface area contributed by atoms with Crippen molar-refractivity contribution in [1.29, 1.82) is 0 Å². The monoisotopic (exact) mass is 435 g/mol. The third kappa shape index (κ3) is 4.97. The van der Waals surface area contributed by atoms with E-state index in [1.807, 2.05) is 59.5 Å². The lowest BCUT2D eigenvalue weighted by Gasteiger charge is -2.25. The van der Waals surface area contributed by atoms with Gasteiger partial charge in [0.15, 0.2) is 0 Å². The summed E-state index contributed by atoms with van der Waals surface area (Å²) >= 11 is 1.76. The van der Waals surface area contributed by atoms with Gasteiger partial charge in [0, 0.05) is 23.9 Å². The predicted octanol–water partition coefficient (Wildman–Crippen LogP) is 5.17. The van der Waals surface area contributed by atoms with E-state index in [1.165, 1.54) is 0 Å². The molecule has 0 radical (unpaired) electrons. The molecule has 0 N–H and O–H groups in total. The second-order valence-electron chi connectivity index (χ2n) is 7.17. The number of rotatable bonds is 7. The van der Waals surface area contributed by atoms with Crippen LogP contribution in [0.1, 0.15) is 26.9 Å². The molecule has 1 amide bonds. The third-order valence-corrected chi connectivity index (χ3v) is 6.42. The summed E-state index contributed by atoms with van der Waals surface area (Å²) in [6, 6.07) is 23.4. The van der Waals surface area contributed by atoms with E-state index in [0.717, 1.165) is 22.6 Å². The fourth-order valence-corrected chi connectivity index (χ4v) is 4.78. The summed E-state index contributed by atoms with van der Waals surface area (Å²) in [5, 5.41) is -0.0344. The highest BCUT2D eigenvalue weighted by molar-refractivity contribution is 7.99. The normalized spacial score (nSPS) is 15.5. The molecule has 1 heterocycles. The van der Waals surface area contributed by atoms with Crippen LogP contribution in [0.15, 0.2) is 72.8 Å². The van der Waals surface area contributed by atoms with Crippen LogP contribution < -0.4 is 14.2 Å². The molecule has 0 aliphatic carbocycles. The first-order chi connectivity index (χ1) is 15.2. The Bertz CT molecular complexity index is 1000. The minimum Gasteiger partial charge on any atom is -0.497 e. The summed E-state index contributed by atoms with van der Waals surface area (Å²) in [7, 11) is 3.16. The molecule has 0 saturated carbocycles. The Morgan fingerprint density at radius 3 is 2.26 bits per heavy atom. The maximum atomic E-state index is 13.3. The number of nitrogens with zero attached hydrogens (tertiary/aromatic N) is 1. The zero-order valence-corrected chi connectivity index (χ0v) is 18.4. The van der Waals surface area contributed by atoms with E-state index in [9.17, 15) is 4.79 Å². The molecule has 0 aromatic heterocycles. The van der Waals surface area contributed by atoms with Crippen molar-refractivity contribution in [1.82, 2.24) is 4.90 Å². The average molecular weight is 436 g/mol. The highest BCUT2D eigenvalue weighted by atomic mass is 32.2. The van der Waals surface area contributed by atoms with Crippen LogP contribution in [0.2, 0.25) is 0 Å². The summed E-state index contributed by atoms with van der Waals surface area (Å²) in [6.07, 6.45) is 0. The molecule has 1 unspecified atom stereocenters. The summed E-state index contributed by atoms with van der Waals surface area (Å²) in [4.78, 5) is 15.2. The van der Waals surface area contributed by atoms with Gasteiger partial charge in [-0.2, -0.15) is 0 Å². The van der Waals surface area contributed by atoms with Crippen molar-refractivity contribution in [3.05, 3.63) is 89.5 Å². The maximum absolute atomic E-state index is 13.3. The van der Waals surface area contributed by atoms with E-state index in [4.69, 9.17) is 14.2 Å². The van der Waals surface area contributed by atoms with Gasteiger partial charge in [0.2, 0.25) is 0 Å². The first-order valence-corrected chi connectivity index (χ1v) is 11.1. The Kier molecular flexibility index (Phi) is 6.67.